The Morgan fingerprint density at radius 3 is 2.54 bits per heavy atom. The molecule has 6 heteroatoms. The zero-order chi connectivity index (χ0) is 17.6. The van der Waals surface area contributed by atoms with Crippen molar-refractivity contribution in [3.05, 3.63) is 23.8 Å². The normalized spacial score (nSPS) is 16.5. The third-order valence-corrected chi connectivity index (χ3v) is 6.11. The molecule has 1 fully saturated rings. The van der Waals surface area contributed by atoms with Gasteiger partial charge < -0.3 is 9.47 Å². The molecule has 0 bridgehead atoms. The molecular formula is C18H29NO4S. The Labute approximate surface area is 146 Å². The average Bonchev–Trinajstić information content (AvgIpc) is 2.59. The van der Waals surface area contributed by atoms with E-state index in [4.69, 9.17) is 9.47 Å². The molecule has 2 rings (SSSR count). The zero-order valence-corrected chi connectivity index (χ0v) is 15.8. The number of rotatable bonds is 8. The van der Waals surface area contributed by atoms with E-state index in [0.717, 1.165) is 30.6 Å². The fourth-order valence-electron chi connectivity index (χ4n) is 2.74. The third-order valence-electron chi connectivity index (χ3n) is 4.22. The Kier molecular flexibility index (Phi) is 7.07. The number of unbranched alkanes of at least 4 members (excludes halogenated alkanes) is 2. The topological polar surface area (TPSA) is 55.8 Å². The number of morpholine rings is 1. The van der Waals surface area contributed by atoms with Crippen LogP contribution in [0.4, 0.5) is 0 Å². The number of nitrogens with zero attached hydrogens (tertiary/aromatic N) is 1. The number of benzene rings is 1. The lowest BCUT2D eigenvalue weighted by Gasteiger charge is -2.26. The van der Waals surface area contributed by atoms with Crippen LogP contribution in [-0.4, -0.2) is 45.6 Å². The van der Waals surface area contributed by atoms with Crippen LogP contribution in [0.15, 0.2) is 23.1 Å². The zero-order valence-electron chi connectivity index (χ0n) is 15.0. The Hall–Kier alpha value is -1.11. The van der Waals surface area contributed by atoms with Gasteiger partial charge in [0.05, 0.1) is 24.7 Å². The molecule has 24 heavy (non-hydrogen) atoms. The second-order valence-electron chi connectivity index (χ2n) is 6.43. The van der Waals surface area contributed by atoms with Gasteiger partial charge in [-0.3, -0.25) is 0 Å². The summed E-state index contributed by atoms with van der Waals surface area (Å²) in [7, 11) is -3.47. The molecule has 1 aliphatic heterocycles. The van der Waals surface area contributed by atoms with E-state index in [1.165, 1.54) is 4.31 Å². The summed E-state index contributed by atoms with van der Waals surface area (Å²) >= 11 is 0. The largest absolute Gasteiger partial charge is 0.493 e. The summed E-state index contributed by atoms with van der Waals surface area (Å²) in [4.78, 5) is 0.342. The molecule has 0 atom stereocenters. The molecule has 5 nitrogen and oxygen atoms in total. The van der Waals surface area contributed by atoms with E-state index < -0.39 is 10.0 Å². The predicted octanol–water partition coefficient (Wildman–Crippen LogP) is 3.40. The fourth-order valence-corrected chi connectivity index (χ4v) is 4.18. The smallest absolute Gasteiger partial charge is 0.243 e. The van der Waals surface area contributed by atoms with Crippen molar-refractivity contribution in [3.8, 4) is 5.75 Å². The van der Waals surface area contributed by atoms with Crippen molar-refractivity contribution in [1.29, 1.82) is 0 Å². The number of hydrogen-bond acceptors (Lipinski definition) is 4. The van der Waals surface area contributed by atoms with Gasteiger partial charge in [0.15, 0.2) is 0 Å². The first kappa shape index (κ1) is 19.2. The Morgan fingerprint density at radius 2 is 1.92 bits per heavy atom. The maximum Gasteiger partial charge on any atom is 0.243 e. The summed E-state index contributed by atoms with van der Waals surface area (Å²) in [5.41, 5.74) is 0.945. The van der Waals surface area contributed by atoms with Crippen LogP contribution in [0.3, 0.4) is 0 Å². The van der Waals surface area contributed by atoms with Gasteiger partial charge in [-0.2, -0.15) is 4.31 Å². The molecule has 1 aromatic rings. The highest BCUT2D eigenvalue weighted by Gasteiger charge is 2.27. The minimum atomic E-state index is -3.47. The maximum atomic E-state index is 12.8. The van der Waals surface area contributed by atoms with Crippen LogP contribution < -0.4 is 4.74 Å². The highest BCUT2D eigenvalue weighted by atomic mass is 32.2. The molecular weight excluding hydrogens is 326 g/mol. The maximum absolute atomic E-state index is 12.8. The lowest BCUT2D eigenvalue weighted by atomic mass is 10.0. The highest BCUT2D eigenvalue weighted by Crippen LogP contribution is 2.30. The van der Waals surface area contributed by atoms with Gasteiger partial charge >= 0.3 is 0 Å². The molecule has 1 aliphatic rings. The Bertz CT molecular complexity index is 622. The van der Waals surface area contributed by atoms with Gasteiger partial charge in [-0.05, 0) is 36.1 Å². The quantitative estimate of drug-likeness (QED) is 0.671. The second-order valence-corrected chi connectivity index (χ2v) is 8.36. The predicted molar refractivity (Wildman–Crippen MR) is 95.1 cm³/mol. The number of sulfonamides is 1. The number of ether oxygens (including phenoxy) is 2. The van der Waals surface area contributed by atoms with Gasteiger partial charge in [-0.1, -0.05) is 33.6 Å². The molecule has 0 spiro atoms. The van der Waals surface area contributed by atoms with Crippen LogP contribution >= 0.6 is 0 Å². The van der Waals surface area contributed by atoms with Crippen LogP contribution in [0.1, 0.15) is 51.5 Å². The molecule has 1 saturated heterocycles. The van der Waals surface area contributed by atoms with Crippen molar-refractivity contribution in [3.63, 3.8) is 0 Å². The Morgan fingerprint density at radius 1 is 1.21 bits per heavy atom. The van der Waals surface area contributed by atoms with Crippen molar-refractivity contribution in [2.45, 2.75) is 50.8 Å². The summed E-state index contributed by atoms with van der Waals surface area (Å²) in [6.07, 6.45) is 3.31. The molecule has 0 unspecified atom stereocenters. The lowest BCUT2D eigenvalue weighted by Crippen LogP contribution is -2.40. The fraction of sp³-hybridized carbons (Fsp3) is 0.667. The van der Waals surface area contributed by atoms with E-state index in [1.54, 1.807) is 18.2 Å². The summed E-state index contributed by atoms with van der Waals surface area (Å²) in [5, 5.41) is 0. The van der Waals surface area contributed by atoms with E-state index in [-0.39, 0.29) is 5.92 Å². The highest BCUT2D eigenvalue weighted by molar-refractivity contribution is 7.89. The van der Waals surface area contributed by atoms with E-state index in [2.05, 4.69) is 20.8 Å². The molecule has 1 aromatic carbocycles. The summed E-state index contributed by atoms with van der Waals surface area (Å²) < 4.78 is 38.2. The van der Waals surface area contributed by atoms with Crippen molar-refractivity contribution >= 4 is 10.0 Å². The van der Waals surface area contributed by atoms with Gasteiger partial charge in [0, 0.05) is 13.1 Å². The first-order valence-electron chi connectivity index (χ1n) is 8.81. The van der Waals surface area contributed by atoms with Crippen LogP contribution in [-0.2, 0) is 14.8 Å². The molecule has 0 radical (unpaired) electrons. The lowest BCUT2D eigenvalue weighted by molar-refractivity contribution is 0.0730. The van der Waals surface area contributed by atoms with Crippen molar-refractivity contribution < 1.29 is 17.9 Å². The molecule has 0 amide bonds. The van der Waals surface area contributed by atoms with Crippen LogP contribution in [0.25, 0.3) is 0 Å². The van der Waals surface area contributed by atoms with Crippen molar-refractivity contribution in [2.75, 3.05) is 32.9 Å². The van der Waals surface area contributed by atoms with Gasteiger partial charge in [0.2, 0.25) is 10.0 Å². The van der Waals surface area contributed by atoms with Gasteiger partial charge in [-0.25, -0.2) is 8.42 Å². The molecule has 0 N–H and O–H groups in total. The van der Waals surface area contributed by atoms with Gasteiger partial charge in [0.25, 0.3) is 0 Å². The minimum Gasteiger partial charge on any atom is -0.493 e. The van der Waals surface area contributed by atoms with Gasteiger partial charge in [-0.15, -0.1) is 0 Å². The third kappa shape index (κ3) is 4.71. The molecule has 136 valence electrons. The van der Waals surface area contributed by atoms with E-state index in [1.807, 2.05) is 0 Å². The standard InChI is InChI=1S/C18H29NO4S/c1-4-5-6-11-23-18-8-7-16(14-17(18)15(2)3)24(20,21)19-9-12-22-13-10-19/h7-8,14-15H,4-6,9-13H2,1-3H3. The van der Waals surface area contributed by atoms with Crippen molar-refractivity contribution in [2.24, 2.45) is 0 Å². The van der Waals surface area contributed by atoms with E-state index in [0.29, 0.717) is 37.8 Å². The van der Waals surface area contributed by atoms with E-state index >= 15 is 0 Å². The Balaban J connectivity index is 2.21. The summed E-state index contributed by atoms with van der Waals surface area (Å²) in [6.45, 7) is 8.67. The average molecular weight is 356 g/mol. The number of hydrogen-bond donors (Lipinski definition) is 0. The summed E-state index contributed by atoms with van der Waals surface area (Å²) in [5.74, 6) is 0.994. The second kappa shape index (κ2) is 8.83. The van der Waals surface area contributed by atoms with E-state index in [9.17, 15) is 8.42 Å². The molecule has 0 aliphatic carbocycles. The van der Waals surface area contributed by atoms with Gasteiger partial charge in [0.1, 0.15) is 5.75 Å². The first-order valence-corrected chi connectivity index (χ1v) is 10.3. The van der Waals surface area contributed by atoms with Crippen LogP contribution in [0, 0.1) is 0 Å². The molecule has 0 saturated carbocycles. The monoisotopic (exact) mass is 355 g/mol. The first-order chi connectivity index (χ1) is 11.5. The SMILES string of the molecule is CCCCCOc1ccc(S(=O)(=O)N2CCOCC2)cc1C(C)C. The van der Waals surface area contributed by atoms with Crippen molar-refractivity contribution in [1.82, 2.24) is 4.31 Å². The molecule has 1 heterocycles. The minimum absolute atomic E-state index is 0.200. The van der Waals surface area contributed by atoms with Crippen LogP contribution in [0.2, 0.25) is 0 Å². The molecule has 0 aromatic heterocycles. The summed E-state index contributed by atoms with van der Waals surface area (Å²) in [6, 6.07) is 5.23. The van der Waals surface area contributed by atoms with Crippen LogP contribution in [0.5, 0.6) is 5.75 Å².